The first-order chi connectivity index (χ1) is 7.72. The molecule has 0 saturated heterocycles. The minimum atomic E-state index is 0.937. The molecule has 0 aliphatic carbocycles. The minimum absolute atomic E-state index is 0.937. The summed E-state index contributed by atoms with van der Waals surface area (Å²) in [5.41, 5.74) is 3.21. The van der Waals surface area contributed by atoms with Crippen LogP contribution in [0.3, 0.4) is 0 Å². The highest BCUT2D eigenvalue weighted by Crippen LogP contribution is 2.27. The lowest BCUT2D eigenvalue weighted by Crippen LogP contribution is -1.74. The average molecular weight is 405 g/mol. The number of benzene rings is 1. The molecule has 0 atom stereocenters. The third-order valence-electron chi connectivity index (χ3n) is 2.28. The van der Waals surface area contributed by atoms with Crippen molar-refractivity contribution in [3.8, 4) is 11.4 Å². The molecule has 3 rings (SSSR count). The smallest absolute Gasteiger partial charge is 0.139 e. The van der Waals surface area contributed by atoms with Gasteiger partial charge in [-0.05, 0) is 46.9 Å². The van der Waals surface area contributed by atoms with Gasteiger partial charge in [-0.2, -0.15) is 0 Å². The Morgan fingerprint density at radius 2 is 2.19 bits per heavy atom. The van der Waals surface area contributed by atoms with Gasteiger partial charge in [0, 0.05) is 15.4 Å². The number of hydrogen-bond acceptors (Lipinski definition) is 2. The van der Waals surface area contributed by atoms with Gasteiger partial charge in [0.05, 0.1) is 13.9 Å². The van der Waals surface area contributed by atoms with Gasteiger partial charge in [0.1, 0.15) is 5.82 Å². The van der Waals surface area contributed by atoms with E-state index >= 15 is 0 Å². The first-order valence-corrected chi connectivity index (χ1v) is 7.37. The van der Waals surface area contributed by atoms with Crippen molar-refractivity contribution in [1.82, 2.24) is 9.97 Å². The number of hydrogen-bond donors (Lipinski definition) is 1. The summed E-state index contributed by atoms with van der Waals surface area (Å²) >= 11 is 7.51. The van der Waals surface area contributed by atoms with Crippen molar-refractivity contribution in [2.45, 2.75) is 0 Å². The number of nitrogens with zero attached hydrogens (tertiary/aromatic N) is 1. The lowest BCUT2D eigenvalue weighted by Gasteiger charge is -1.88. The molecule has 2 nitrogen and oxygen atoms in total. The van der Waals surface area contributed by atoms with Crippen LogP contribution in [-0.2, 0) is 0 Å². The van der Waals surface area contributed by atoms with Crippen LogP contribution in [-0.4, -0.2) is 9.97 Å². The third-order valence-corrected chi connectivity index (χ3v) is 4.57. The Labute approximate surface area is 118 Å². The van der Waals surface area contributed by atoms with Crippen LogP contribution >= 0.6 is 49.9 Å². The van der Waals surface area contributed by atoms with Crippen molar-refractivity contribution < 1.29 is 0 Å². The molecule has 0 saturated carbocycles. The molecule has 0 radical (unpaired) electrons. The van der Waals surface area contributed by atoms with Gasteiger partial charge < -0.3 is 4.98 Å². The van der Waals surface area contributed by atoms with E-state index in [4.69, 9.17) is 0 Å². The second-order valence-corrected chi connectivity index (χ2v) is 7.11. The summed E-state index contributed by atoms with van der Waals surface area (Å²) in [5, 5.41) is 2.12. The van der Waals surface area contributed by atoms with Crippen molar-refractivity contribution in [3.63, 3.8) is 0 Å². The molecule has 5 heteroatoms. The molecule has 0 spiro atoms. The molecule has 0 aliphatic heterocycles. The lowest BCUT2D eigenvalue weighted by atomic mass is 10.3. The SMILES string of the molecule is Brc1ccc2nc(-c3csc(I)c3)[nH]c2c1. The number of aromatic nitrogens is 2. The number of imidazole rings is 1. The standard InChI is InChI=1S/C11H6BrIN2S/c12-7-1-2-8-9(4-7)15-11(14-8)6-3-10(13)16-5-6/h1-5H,(H,14,15). The summed E-state index contributed by atoms with van der Waals surface area (Å²) in [4.78, 5) is 7.89. The topological polar surface area (TPSA) is 28.7 Å². The van der Waals surface area contributed by atoms with Crippen LogP contribution in [0.1, 0.15) is 0 Å². The number of fused-ring (bicyclic) bond motifs is 1. The predicted molar refractivity (Wildman–Crippen MR) is 79.8 cm³/mol. The molecular weight excluding hydrogens is 399 g/mol. The van der Waals surface area contributed by atoms with Crippen LogP contribution in [0, 0.1) is 2.88 Å². The maximum atomic E-state index is 4.56. The second kappa shape index (κ2) is 4.12. The van der Waals surface area contributed by atoms with E-state index in [0.717, 1.165) is 26.9 Å². The number of thiophene rings is 1. The highest BCUT2D eigenvalue weighted by atomic mass is 127. The van der Waals surface area contributed by atoms with E-state index in [1.807, 2.05) is 18.2 Å². The molecular formula is C11H6BrIN2S. The average Bonchev–Trinajstić information content (AvgIpc) is 2.83. The van der Waals surface area contributed by atoms with Gasteiger partial charge in [-0.1, -0.05) is 15.9 Å². The molecule has 1 aromatic carbocycles. The molecule has 80 valence electrons. The molecule has 0 fully saturated rings. The van der Waals surface area contributed by atoms with Crippen molar-refractivity contribution in [1.29, 1.82) is 0 Å². The largest absolute Gasteiger partial charge is 0.338 e. The van der Waals surface area contributed by atoms with Gasteiger partial charge in [0.25, 0.3) is 0 Å². The molecule has 1 N–H and O–H groups in total. The number of aromatic amines is 1. The zero-order valence-corrected chi connectivity index (χ0v) is 12.6. The summed E-state index contributed by atoms with van der Waals surface area (Å²) in [6.45, 7) is 0. The quantitative estimate of drug-likeness (QED) is 0.587. The summed E-state index contributed by atoms with van der Waals surface area (Å²) in [6, 6.07) is 8.20. The molecule has 0 unspecified atom stereocenters. The first kappa shape index (κ1) is 10.7. The van der Waals surface area contributed by atoms with Gasteiger partial charge in [0.2, 0.25) is 0 Å². The van der Waals surface area contributed by atoms with E-state index in [1.165, 1.54) is 2.88 Å². The van der Waals surface area contributed by atoms with E-state index in [2.05, 4.69) is 59.9 Å². The van der Waals surface area contributed by atoms with Gasteiger partial charge in [0.15, 0.2) is 0 Å². The van der Waals surface area contributed by atoms with Crippen LogP contribution in [0.4, 0.5) is 0 Å². The van der Waals surface area contributed by atoms with Crippen molar-refractivity contribution in [3.05, 3.63) is 37.0 Å². The second-order valence-electron chi connectivity index (χ2n) is 3.39. The lowest BCUT2D eigenvalue weighted by molar-refractivity contribution is 1.34. The van der Waals surface area contributed by atoms with E-state index in [1.54, 1.807) is 11.3 Å². The minimum Gasteiger partial charge on any atom is -0.338 e. The number of H-pyrrole nitrogens is 1. The van der Waals surface area contributed by atoms with Crippen molar-refractivity contribution in [2.24, 2.45) is 0 Å². The van der Waals surface area contributed by atoms with Crippen LogP contribution in [0.15, 0.2) is 34.1 Å². The monoisotopic (exact) mass is 404 g/mol. The zero-order chi connectivity index (χ0) is 11.1. The van der Waals surface area contributed by atoms with Crippen molar-refractivity contribution in [2.75, 3.05) is 0 Å². The number of nitrogens with one attached hydrogen (secondary N) is 1. The zero-order valence-electron chi connectivity index (χ0n) is 8.00. The number of halogens is 2. The Balaban J connectivity index is 2.18. The van der Waals surface area contributed by atoms with Crippen molar-refractivity contribution >= 4 is 60.9 Å². The molecule has 0 aliphatic rings. The number of rotatable bonds is 1. The van der Waals surface area contributed by atoms with Crippen LogP contribution in [0.5, 0.6) is 0 Å². The van der Waals surface area contributed by atoms with E-state index in [9.17, 15) is 0 Å². The highest BCUT2D eigenvalue weighted by Gasteiger charge is 2.06. The van der Waals surface area contributed by atoms with Crippen LogP contribution in [0.25, 0.3) is 22.4 Å². The molecule has 3 aromatic rings. The summed E-state index contributed by atoms with van der Waals surface area (Å²) < 4.78 is 2.34. The van der Waals surface area contributed by atoms with Gasteiger partial charge in [-0.15, -0.1) is 11.3 Å². The van der Waals surface area contributed by atoms with Crippen LogP contribution < -0.4 is 0 Å². The molecule has 0 amide bonds. The Morgan fingerprint density at radius 1 is 1.31 bits per heavy atom. The van der Waals surface area contributed by atoms with Gasteiger partial charge in [-0.3, -0.25) is 0 Å². The fourth-order valence-corrected chi connectivity index (χ4v) is 3.25. The molecule has 2 heterocycles. The summed E-state index contributed by atoms with van der Waals surface area (Å²) in [5.74, 6) is 0.937. The van der Waals surface area contributed by atoms with E-state index in [-0.39, 0.29) is 0 Å². The fourth-order valence-electron chi connectivity index (χ4n) is 1.55. The summed E-state index contributed by atoms with van der Waals surface area (Å²) in [7, 11) is 0. The summed E-state index contributed by atoms with van der Waals surface area (Å²) in [6.07, 6.45) is 0. The highest BCUT2D eigenvalue weighted by molar-refractivity contribution is 14.1. The van der Waals surface area contributed by atoms with Gasteiger partial charge >= 0.3 is 0 Å². The third kappa shape index (κ3) is 1.91. The Bertz CT molecular complexity index is 659. The molecule has 0 bridgehead atoms. The van der Waals surface area contributed by atoms with E-state index in [0.29, 0.717) is 0 Å². The van der Waals surface area contributed by atoms with Crippen LogP contribution in [0.2, 0.25) is 0 Å². The first-order valence-electron chi connectivity index (χ1n) is 4.62. The fraction of sp³-hybridized carbons (Fsp3) is 0. The van der Waals surface area contributed by atoms with E-state index < -0.39 is 0 Å². The molecule has 16 heavy (non-hydrogen) atoms. The molecule has 2 aromatic heterocycles. The Hall–Kier alpha value is -0.400. The Morgan fingerprint density at radius 3 is 2.94 bits per heavy atom. The van der Waals surface area contributed by atoms with Gasteiger partial charge in [-0.25, -0.2) is 4.98 Å². The normalized spacial score (nSPS) is 11.1. The maximum Gasteiger partial charge on any atom is 0.139 e. The maximum absolute atomic E-state index is 4.56. The predicted octanol–water partition coefficient (Wildman–Crippen LogP) is 4.66. The Kier molecular flexibility index (Phi) is 2.76.